The summed E-state index contributed by atoms with van der Waals surface area (Å²) >= 11 is 0. The van der Waals surface area contributed by atoms with Gasteiger partial charge in [0.1, 0.15) is 11.5 Å². The number of ether oxygens (including phenoxy) is 2. The molecule has 7 heteroatoms. The Hall–Kier alpha value is -2.25. The highest BCUT2D eigenvalue weighted by Gasteiger charge is 2.21. The Morgan fingerprint density at radius 2 is 1.14 bits per heavy atom. The first-order valence-corrected chi connectivity index (χ1v) is 15.0. The van der Waals surface area contributed by atoms with Crippen molar-refractivity contribution in [3.05, 3.63) is 48.5 Å². The quantitative estimate of drug-likeness (QED) is 0.193. The molecule has 0 saturated carbocycles. The van der Waals surface area contributed by atoms with Crippen LogP contribution in [0.5, 0.6) is 11.5 Å². The van der Waals surface area contributed by atoms with E-state index in [-0.39, 0.29) is 4.90 Å². The molecule has 0 aliphatic carbocycles. The lowest BCUT2D eigenvalue weighted by molar-refractivity contribution is 0.294. The number of benzene rings is 2. The Morgan fingerprint density at radius 3 is 1.72 bits per heavy atom. The molecule has 0 atom stereocenters. The van der Waals surface area contributed by atoms with E-state index in [1.807, 2.05) is 12.1 Å². The first-order valence-electron chi connectivity index (χ1n) is 13.5. The zero-order valence-electron chi connectivity index (χ0n) is 22.7. The summed E-state index contributed by atoms with van der Waals surface area (Å²) < 4.78 is 38.9. The van der Waals surface area contributed by atoms with Gasteiger partial charge in [0, 0.05) is 7.05 Å². The second kappa shape index (κ2) is 16.5. The van der Waals surface area contributed by atoms with Crippen molar-refractivity contribution in [2.75, 3.05) is 44.7 Å². The van der Waals surface area contributed by atoms with Gasteiger partial charge in [-0.25, -0.2) is 8.42 Å². The molecule has 36 heavy (non-hydrogen) atoms. The highest BCUT2D eigenvalue weighted by atomic mass is 32.2. The molecule has 0 aliphatic rings. The largest absolute Gasteiger partial charge is 0.494 e. The van der Waals surface area contributed by atoms with Crippen molar-refractivity contribution in [3.63, 3.8) is 0 Å². The van der Waals surface area contributed by atoms with Gasteiger partial charge in [-0.15, -0.1) is 0 Å². The fourth-order valence-corrected chi connectivity index (χ4v) is 5.06. The molecule has 2 aromatic rings. The van der Waals surface area contributed by atoms with Gasteiger partial charge in [0.2, 0.25) is 0 Å². The normalized spacial score (nSPS) is 11.6. The molecular formula is C29H46N2O4S. The minimum Gasteiger partial charge on any atom is -0.494 e. The lowest BCUT2D eigenvalue weighted by atomic mass is 10.2. The molecule has 0 aliphatic heterocycles. The van der Waals surface area contributed by atoms with E-state index in [0.717, 1.165) is 31.4 Å². The molecule has 2 aromatic carbocycles. The van der Waals surface area contributed by atoms with Crippen molar-refractivity contribution in [2.24, 2.45) is 0 Å². The van der Waals surface area contributed by atoms with Gasteiger partial charge in [0.25, 0.3) is 10.0 Å². The molecule has 0 N–H and O–H groups in total. The molecule has 202 valence electrons. The highest BCUT2D eigenvalue weighted by Crippen LogP contribution is 2.26. The summed E-state index contributed by atoms with van der Waals surface area (Å²) in [5.74, 6) is 1.44. The number of nitrogens with zero attached hydrogens (tertiary/aromatic N) is 2. The number of rotatable bonds is 19. The van der Waals surface area contributed by atoms with E-state index < -0.39 is 10.0 Å². The maximum atomic E-state index is 13.0. The fraction of sp³-hybridized carbons (Fsp3) is 0.586. The maximum absolute atomic E-state index is 13.0. The summed E-state index contributed by atoms with van der Waals surface area (Å²) in [5, 5.41) is 0. The number of hydrogen-bond donors (Lipinski definition) is 0. The van der Waals surface area contributed by atoms with Crippen LogP contribution in [-0.4, -0.2) is 53.7 Å². The smallest absolute Gasteiger partial charge is 0.264 e. The van der Waals surface area contributed by atoms with Crippen LogP contribution in [0, 0.1) is 0 Å². The molecule has 0 amide bonds. The second-order valence-corrected chi connectivity index (χ2v) is 11.4. The lowest BCUT2D eigenvalue weighted by Crippen LogP contribution is -2.26. The van der Waals surface area contributed by atoms with Gasteiger partial charge in [-0.05, 0) is 94.4 Å². The summed E-state index contributed by atoms with van der Waals surface area (Å²) in [6.45, 7) is 8.01. The Labute approximate surface area is 219 Å². The van der Waals surface area contributed by atoms with Crippen molar-refractivity contribution < 1.29 is 17.9 Å². The summed E-state index contributed by atoms with van der Waals surface area (Å²) in [6, 6.07) is 13.8. The average molecular weight is 519 g/mol. The minimum absolute atomic E-state index is 0.236. The van der Waals surface area contributed by atoms with Gasteiger partial charge in [-0.1, -0.05) is 46.0 Å². The standard InChI is InChI=1S/C29H46N2O4S/c1-5-7-11-22-30(3)23-12-9-10-13-25-35-27-16-14-26(15-17-27)31(4)36(32,33)29-20-18-28(19-21-29)34-24-8-6-2/h14-21H,5-13,22-25H2,1-4H3. The van der Waals surface area contributed by atoms with Crippen LogP contribution in [0.3, 0.4) is 0 Å². The van der Waals surface area contributed by atoms with Crippen LogP contribution >= 0.6 is 0 Å². The van der Waals surface area contributed by atoms with Gasteiger partial charge < -0.3 is 14.4 Å². The topological polar surface area (TPSA) is 59.1 Å². The van der Waals surface area contributed by atoms with Crippen molar-refractivity contribution in [3.8, 4) is 11.5 Å². The summed E-state index contributed by atoms with van der Waals surface area (Å²) in [6.07, 6.45) is 10.5. The van der Waals surface area contributed by atoms with E-state index in [1.54, 1.807) is 43.4 Å². The van der Waals surface area contributed by atoms with E-state index in [4.69, 9.17) is 9.47 Å². The first kappa shape index (κ1) is 30.0. The lowest BCUT2D eigenvalue weighted by Gasteiger charge is -2.20. The third-order valence-electron chi connectivity index (χ3n) is 6.30. The molecule has 6 nitrogen and oxygen atoms in total. The summed E-state index contributed by atoms with van der Waals surface area (Å²) in [4.78, 5) is 2.67. The molecule has 2 rings (SSSR count). The first-order chi connectivity index (χ1) is 17.4. The van der Waals surface area contributed by atoms with E-state index in [2.05, 4.69) is 25.8 Å². The third-order valence-corrected chi connectivity index (χ3v) is 8.10. The van der Waals surface area contributed by atoms with Crippen molar-refractivity contribution in [1.82, 2.24) is 4.90 Å². The molecular weight excluding hydrogens is 472 g/mol. The van der Waals surface area contributed by atoms with E-state index >= 15 is 0 Å². The van der Waals surface area contributed by atoms with Crippen LogP contribution in [0.25, 0.3) is 0 Å². The molecule has 0 aromatic heterocycles. The van der Waals surface area contributed by atoms with E-state index in [1.165, 1.54) is 49.5 Å². The number of hydrogen-bond acceptors (Lipinski definition) is 5. The highest BCUT2D eigenvalue weighted by molar-refractivity contribution is 7.92. The molecule has 0 saturated heterocycles. The van der Waals surface area contributed by atoms with Gasteiger partial charge in [-0.3, -0.25) is 4.31 Å². The molecule has 0 unspecified atom stereocenters. The second-order valence-electron chi connectivity index (χ2n) is 9.41. The minimum atomic E-state index is -3.66. The molecule has 0 spiro atoms. The van der Waals surface area contributed by atoms with Crippen LogP contribution in [-0.2, 0) is 10.0 Å². The number of anilines is 1. The predicted molar refractivity (Wildman–Crippen MR) is 150 cm³/mol. The molecule has 0 bridgehead atoms. The van der Waals surface area contributed by atoms with Crippen LogP contribution in [0.4, 0.5) is 5.69 Å². The predicted octanol–water partition coefficient (Wildman–Crippen LogP) is 6.75. The van der Waals surface area contributed by atoms with Crippen LogP contribution in [0.15, 0.2) is 53.4 Å². The number of sulfonamides is 1. The average Bonchev–Trinajstić information content (AvgIpc) is 2.88. The maximum Gasteiger partial charge on any atom is 0.264 e. The SMILES string of the molecule is CCCCCN(C)CCCCCCOc1ccc(N(C)S(=O)(=O)c2ccc(OCCCC)cc2)cc1. The zero-order chi connectivity index (χ0) is 26.2. The van der Waals surface area contributed by atoms with Gasteiger partial charge in [0.15, 0.2) is 0 Å². The van der Waals surface area contributed by atoms with Crippen molar-refractivity contribution in [1.29, 1.82) is 0 Å². The van der Waals surface area contributed by atoms with E-state index in [0.29, 0.717) is 24.7 Å². The molecule has 0 heterocycles. The summed E-state index contributed by atoms with van der Waals surface area (Å²) in [5.41, 5.74) is 0.591. The van der Waals surface area contributed by atoms with Crippen LogP contribution < -0.4 is 13.8 Å². The monoisotopic (exact) mass is 518 g/mol. The third kappa shape index (κ3) is 10.4. The summed E-state index contributed by atoms with van der Waals surface area (Å²) in [7, 11) is 0.125. The Kier molecular flexibility index (Phi) is 13.7. The van der Waals surface area contributed by atoms with Crippen molar-refractivity contribution in [2.45, 2.75) is 76.5 Å². The van der Waals surface area contributed by atoms with Crippen LogP contribution in [0.1, 0.15) is 71.6 Å². The molecule has 0 fully saturated rings. The number of unbranched alkanes of at least 4 members (excludes halogenated alkanes) is 6. The van der Waals surface area contributed by atoms with E-state index in [9.17, 15) is 8.42 Å². The van der Waals surface area contributed by atoms with Gasteiger partial charge in [-0.2, -0.15) is 0 Å². The van der Waals surface area contributed by atoms with Gasteiger partial charge >= 0.3 is 0 Å². The van der Waals surface area contributed by atoms with Crippen LogP contribution in [0.2, 0.25) is 0 Å². The van der Waals surface area contributed by atoms with Crippen molar-refractivity contribution >= 4 is 15.7 Å². The zero-order valence-corrected chi connectivity index (χ0v) is 23.6. The Morgan fingerprint density at radius 1 is 0.639 bits per heavy atom. The Bertz CT molecular complexity index is 946. The Balaban J connectivity index is 1.73. The van der Waals surface area contributed by atoms with Gasteiger partial charge in [0.05, 0.1) is 23.8 Å². The fourth-order valence-electron chi connectivity index (χ4n) is 3.86. The molecule has 0 radical (unpaired) electrons.